The molecule has 0 aliphatic carbocycles. The van der Waals surface area contributed by atoms with Crippen molar-refractivity contribution in [1.82, 2.24) is 9.55 Å². The highest BCUT2D eigenvalue weighted by molar-refractivity contribution is 5.60. The quantitative estimate of drug-likeness (QED) is 0.594. The maximum Gasteiger partial charge on any atom is 0.351 e. The summed E-state index contributed by atoms with van der Waals surface area (Å²) in [7, 11) is 0. The van der Waals surface area contributed by atoms with Crippen LogP contribution in [0.4, 0.5) is 17.2 Å². The number of rotatable bonds is 4. The number of ether oxygens (including phenoxy) is 1. The lowest BCUT2D eigenvalue weighted by Gasteiger charge is -2.15. The smallest absolute Gasteiger partial charge is 0.351 e. The highest BCUT2D eigenvalue weighted by Gasteiger charge is 2.34. The molecule has 0 unspecified atom stereocenters. The average Bonchev–Trinajstić information content (AvgIpc) is 2.88. The minimum atomic E-state index is -0.804. The molecule has 8 nitrogen and oxygen atoms in total. The summed E-state index contributed by atoms with van der Waals surface area (Å²) in [5.41, 5.74) is 6.52. The topological polar surface area (TPSA) is 123 Å². The minimum absolute atomic E-state index is 0.231. The van der Waals surface area contributed by atoms with E-state index in [0.29, 0.717) is 11.5 Å². The van der Waals surface area contributed by atoms with Gasteiger partial charge < -0.3 is 26.0 Å². The van der Waals surface area contributed by atoms with Gasteiger partial charge in [-0.05, 0) is 24.3 Å². The Hall–Kier alpha value is -2.42. The Bertz CT molecular complexity index is 748. The SMILES string of the molecule is Nc1cccc(Nc2ccn([C@H]3C[C@H](O)[C@@H](CO)O3)c(=O)n2)c1. The van der Waals surface area contributed by atoms with Crippen LogP contribution < -0.4 is 16.7 Å². The third-order valence-electron chi connectivity index (χ3n) is 3.68. The van der Waals surface area contributed by atoms with Crippen molar-refractivity contribution in [3.63, 3.8) is 0 Å². The van der Waals surface area contributed by atoms with Gasteiger partial charge in [-0.1, -0.05) is 6.07 Å². The van der Waals surface area contributed by atoms with E-state index >= 15 is 0 Å². The summed E-state index contributed by atoms with van der Waals surface area (Å²) in [6.07, 6.45) is -0.349. The number of aliphatic hydroxyl groups is 2. The molecular formula is C15H18N4O4. The first-order chi connectivity index (χ1) is 11.1. The summed E-state index contributed by atoms with van der Waals surface area (Å²) in [4.78, 5) is 16.1. The second kappa shape index (κ2) is 6.37. The fourth-order valence-electron chi connectivity index (χ4n) is 2.52. The predicted molar refractivity (Wildman–Crippen MR) is 84.3 cm³/mol. The van der Waals surface area contributed by atoms with Crippen LogP contribution in [-0.4, -0.2) is 38.6 Å². The number of nitrogens with two attached hydrogens (primary N) is 1. The van der Waals surface area contributed by atoms with E-state index in [1.54, 1.807) is 30.5 Å². The molecular weight excluding hydrogens is 300 g/mol. The number of benzene rings is 1. The summed E-state index contributed by atoms with van der Waals surface area (Å²) in [5, 5.41) is 21.8. The normalized spacial score (nSPS) is 23.8. The van der Waals surface area contributed by atoms with E-state index in [-0.39, 0.29) is 13.0 Å². The van der Waals surface area contributed by atoms with Crippen LogP contribution in [0, 0.1) is 0 Å². The lowest BCUT2D eigenvalue weighted by molar-refractivity contribution is -0.0458. The van der Waals surface area contributed by atoms with Gasteiger partial charge >= 0.3 is 5.69 Å². The van der Waals surface area contributed by atoms with Gasteiger partial charge in [-0.2, -0.15) is 4.98 Å². The standard InChI is InChI=1S/C15H18N4O4/c16-9-2-1-3-10(6-9)17-13-4-5-19(15(22)18-13)14-7-11(21)12(8-20)23-14/h1-6,11-12,14,20-21H,7-8,16H2,(H,17,18,22)/t11-,12+,14+/m0/s1. The molecule has 1 aromatic carbocycles. The zero-order chi connectivity index (χ0) is 16.4. The summed E-state index contributed by atoms with van der Waals surface area (Å²) >= 11 is 0. The van der Waals surface area contributed by atoms with Crippen molar-refractivity contribution in [2.75, 3.05) is 17.7 Å². The van der Waals surface area contributed by atoms with Crippen molar-refractivity contribution in [2.24, 2.45) is 0 Å². The van der Waals surface area contributed by atoms with Gasteiger partial charge in [-0.15, -0.1) is 0 Å². The van der Waals surface area contributed by atoms with Gasteiger partial charge in [0.1, 0.15) is 18.1 Å². The van der Waals surface area contributed by atoms with Gasteiger partial charge in [0.25, 0.3) is 0 Å². The Morgan fingerprint density at radius 3 is 2.91 bits per heavy atom. The molecule has 1 aromatic heterocycles. The molecule has 1 fully saturated rings. The molecule has 0 spiro atoms. The Balaban J connectivity index is 1.78. The van der Waals surface area contributed by atoms with Crippen molar-refractivity contribution in [3.8, 4) is 0 Å². The van der Waals surface area contributed by atoms with Crippen LogP contribution in [0.1, 0.15) is 12.6 Å². The molecule has 122 valence electrons. The Kier molecular flexibility index (Phi) is 4.28. The predicted octanol–water partition coefficient (Wildman–Crippen LogP) is 0.210. The average molecular weight is 318 g/mol. The molecule has 3 atom stereocenters. The van der Waals surface area contributed by atoms with Gasteiger partial charge in [-0.25, -0.2) is 4.79 Å². The number of aromatic nitrogens is 2. The van der Waals surface area contributed by atoms with E-state index in [4.69, 9.17) is 15.6 Å². The Labute approximate surface area is 132 Å². The van der Waals surface area contributed by atoms with Crippen molar-refractivity contribution < 1.29 is 14.9 Å². The monoisotopic (exact) mass is 318 g/mol. The largest absolute Gasteiger partial charge is 0.399 e. The third kappa shape index (κ3) is 3.34. The van der Waals surface area contributed by atoms with Gasteiger partial charge in [0.15, 0.2) is 0 Å². The van der Waals surface area contributed by atoms with E-state index in [1.807, 2.05) is 6.07 Å². The number of anilines is 3. The zero-order valence-electron chi connectivity index (χ0n) is 12.3. The van der Waals surface area contributed by atoms with Crippen molar-refractivity contribution in [2.45, 2.75) is 24.9 Å². The van der Waals surface area contributed by atoms with Crippen LogP contribution >= 0.6 is 0 Å². The fraction of sp³-hybridized carbons (Fsp3) is 0.333. The summed E-state index contributed by atoms with van der Waals surface area (Å²) < 4.78 is 6.74. The van der Waals surface area contributed by atoms with Gasteiger partial charge in [-0.3, -0.25) is 4.57 Å². The highest BCUT2D eigenvalue weighted by atomic mass is 16.5. The minimum Gasteiger partial charge on any atom is -0.399 e. The van der Waals surface area contributed by atoms with Crippen LogP contribution in [0.3, 0.4) is 0 Å². The molecule has 23 heavy (non-hydrogen) atoms. The van der Waals surface area contributed by atoms with Gasteiger partial charge in [0.05, 0.1) is 12.7 Å². The van der Waals surface area contributed by atoms with E-state index in [9.17, 15) is 9.90 Å². The number of aliphatic hydroxyl groups excluding tert-OH is 2. The Morgan fingerprint density at radius 2 is 2.26 bits per heavy atom. The van der Waals surface area contributed by atoms with Crippen LogP contribution in [0.25, 0.3) is 0 Å². The zero-order valence-corrected chi connectivity index (χ0v) is 12.3. The van der Waals surface area contributed by atoms with Gasteiger partial charge in [0.2, 0.25) is 0 Å². The van der Waals surface area contributed by atoms with Crippen molar-refractivity contribution in [3.05, 3.63) is 47.0 Å². The highest BCUT2D eigenvalue weighted by Crippen LogP contribution is 2.27. The summed E-state index contributed by atoms with van der Waals surface area (Å²) in [5.74, 6) is 0.383. The number of nitrogen functional groups attached to an aromatic ring is 1. The summed E-state index contributed by atoms with van der Waals surface area (Å²) in [6.45, 7) is -0.297. The fourth-order valence-corrected chi connectivity index (χ4v) is 2.52. The van der Waals surface area contributed by atoms with E-state index in [1.165, 1.54) is 4.57 Å². The van der Waals surface area contributed by atoms with Crippen molar-refractivity contribution >= 4 is 17.2 Å². The molecule has 0 amide bonds. The second-order valence-corrected chi connectivity index (χ2v) is 5.37. The van der Waals surface area contributed by atoms with Crippen LogP contribution in [0.15, 0.2) is 41.3 Å². The molecule has 0 saturated carbocycles. The first kappa shape index (κ1) is 15.5. The lowest BCUT2D eigenvalue weighted by atomic mass is 10.2. The molecule has 1 aliphatic heterocycles. The molecule has 3 rings (SSSR count). The van der Waals surface area contributed by atoms with Crippen molar-refractivity contribution in [1.29, 1.82) is 0 Å². The number of hydrogen-bond donors (Lipinski definition) is 4. The lowest BCUT2D eigenvalue weighted by Crippen LogP contribution is -2.27. The molecule has 1 saturated heterocycles. The molecule has 0 radical (unpaired) electrons. The van der Waals surface area contributed by atoms with E-state index in [0.717, 1.165) is 5.69 Å². The van der Waals surface area contributed by atoms with Crippen LogP contribution in [0.5, 0.6) is 0 Å². The molecule has 2 aromatic rings. The van der Waals surface area contributed by atoms with E-state index in [2.05, 4.69) is 10.3 Å². The number of hydrogen-bond acceptors (Lipinski definition) is 7. The van der Waals surface area contributed by atoms with E-state index < -0.39 is 24.1 Å². The third-order valence-corrected chi connectivity index (χ3v) is 3.68. The number of nitrogens with one attached hydrogen (secondary N) is 1. The first-order valence-corrected chi connectivity index (χ1v) is 7.23. The molecule has 0 bridgehead atoms. The molecule has 8 heteroatoms. The second-order valence-electron chi connectivity index (χ2n) is 5.37. The maximum absolute atomic E-state index is 12.1. The van der Waals surface area contributed by atoms with Crippen LogP contribution in [-0.2, 0) is 4.74 Å². The molecule has 5 N–H and O–H groups in total. The summed E-state index contributed by atoms with van der Waals surface area (Å²) in [6, 6.07) is 8.73. The molecule has 2 heterocycles. The van der Waals surface area contributed by atoms with Crippen LogP contribution in [0.2, 0.25) is 0 Å². The number of nitrogens with zero attached hydrogens (tertiary/aromatic N) is 2. The first-order valence-electron chi connectivity index (χ1n) is 7.23. The van der Waals surface area contributed by atoms with Gasteiger partial charge in [0, 0.05) is 24.0 Å². The Morgan fingerprint density at radius 1 is 1.43 bits per heavy atom. The maximum atomic E-state index is 12.1. The molecule has 1 aliphatic rings.